The van der Waals surface area contributed by atoms with Crippen molar-refractivity contribution in [1.82, 2.24) is 4.90 Å². The first kappa shape index (κ1) is 18.7. The van der Waals surface area contributed by atoms with E-state index >= 15 is 0 Å². The van der Waals surface area contributed by atoms with Gasteiger partial charge < -0.3 is 9.64 Å². The maximum Gasteiger partial charge on any atom is 0.253 e. The van der Waals surface area contributed by atoms with E-state index in [0.717, 1.165) is 29.4 Å². The lowest BCUT2D eigenvalue weighted by molar-refractivity contribution is -0.00673. The Hall–Kier alpha value is -1.07. The normalized spacial score (nSPS) is 17.6. The highest BCUT2D eigenvalue weighted by atomic mass is 79.9. The number of rotatable bonds is 4. The summed E-state index contributed by atoms with van der Waals surface area (Å²) in [5, 5.41) is 0.847. The molecule has 0 aromatic heterocycles. The maximum atomic E-state index is 12.7. The van der Waals surface area contributed by atoms with Crippen LogP contribution in [0.4, 0.5) is 0 Å². The zero-order chi connectivity index (χ0) is 17.8. The first-order valence-corrected chi connectivity index (χ1v) is 9.68. The van der Waals surface area contributed by atoms with Crippen molar-refractivity contribution in [2.24, 2.45) is 0 Å². The lowest BCUT2D eigenvalue weighted by atomic mass is 10.1. The van der Waals surface area contributed by atoms with Crippen LogP contribution in [0.25, 0.3) is 0 Å². The monoisotopic (exact) mass is 441 g/mol. The predicted molar refractivity (Wildman–Crippen MR) is 104 cm³/mol. The Morgan fingerprint density at radius 3 is 2.64 bits per heavy atom. The van der Waals surface area contributed by atoms with Crippen molar-refractivity contribution in [2.45, 2.75) is 25.6 Å². The smallest absolute Gasteiger partial charge is 0.253 e. The van der Waals surface area contributed by atoms with E-state index in [-0.39, 0.29) is 12.0 Å². The molecule has 0 N–H and O–H groups in total. The summed E-state index contributed by atoms with van der Waals surface area (Å²) in [5.74, 6) is -0.0319. The average Bonchev–Trinajstić information content (AvgIpc) is 2.63. The van der Waals surface area contributed by atoms with Gasteiger partial charge in [-0.05, 0) is 48.7 Å². The van der Waals surface area contributed by atoms with E-state index in [4.69, 9.17) is 27.9 Å². The van der Waals surface area contributed by atoms with Gasteiger partial charge in [0.25, 0.3) is 5.91 Å². The van der Waals surface area contributed by atoms with E-state index < -0.39 is 0 Å². The molecule has 25 heavy (non-hydrogen) atoms. The number of ether oxygens (including phenoxy) is 1. The summed E-state index contributed by atoms with van der Waals surface area (Å²) < 4.78 is 7.06. The lowest BCUT2D eigenvalue weighted by Gasteiger charge is -2.32. The van der Waals surface area contributed by atoms with Crippen LogP contribution in [0.5, 0.6) is 0 Å². The predicted octanol–water partition coefficient (Wildman–Crippen LogP) is 5.58. The molecule has 1 saturated heterocycles. The van der Waals surface area contributed by atoms with Gasteiger partial charge in [0.05, 0.1) is 22.8 Å². The Labute approximate surface area is 166 Å². The largest absolute Gasteiger partial charge is 0.372 e. The molecule has 1 fully saturated rings. The van der Waals surface area contributed by atoms with Gasteiger partial charge in [0.2, 0.25) is 0 Å². The minimum Gasteiger partial charge on any atom is -0.372 e. The fourth-order valence-electron chi connectivity index (χ4n) is 2.87. The van der Waals surface area contributed by atoms with Crippen LogP contribution in [0.3, 0.4) is 0 Å². The first-order valence-electron chi connectivity index (χ1n) is 8.13. The van der Waals surface area contributed by atoms with E-state index in [0.29, 0.717) is 28.8 Å². The highest BCUT2D eigenvalue weighted by molar-refractivity contribution is 9.10. The van der Waals surface area contributed by atoms with Crippen molar-refractivity contribution in [2.75, 3.05) is 13.1 Å². The van der Waals surface area contributed by atoms with Crippen molar-refractivity contribution >= 4 is 45.0 Å². The standard InChI is InChI=1S/C19H18BrCl2NO2/c20-15-6-3-13(4-7-15)12-25-16-2-1-9-23(11-16)19(24)14-5-8-17(21)18(22)10-14/h3-8,10,16H,1-2,9,11-12H2/t16-/m0/s1. The van der Waals surface area contributed by atoms with Crippen LogP contribution in [-0.2, 0) is 11.3 Å². The lowest BCUT2D eigenvalue weighted by Crippen LogP contribution is -2.43. The van der Waals surface area contributed by atoms with Crippen molar-refractivity contribution in [3.05, 3.63) is 68.1 Å². The molecular weight excluding hydrogens is 425 g/mol. The fourth-order valence-corrected chi connectivity index (χ4v) is 3.43. The van der Waals surface area contributed by atoms with Crippen LogP contribution < -0.4 is 0 Å². The van der Waals surface area contributed by atoms with Crippen molar-refractivity contribution in [3.63, 3.8) is 0 Å². The van der Waals surface area contributed by atoms with E-state index in [9.17, 15) is 4.79 Å². The van der Waals surface area contributed by atoms with Crippen LogP contribution in [-0.4, -0.2) is 30.0 Å². The van der Waals surface area contributed by atoms with E-state index in [2.05, 4.69) is 15.9 Å². The Balaban J connectivity index is 1.59. The number of carbonyl (C=O) groups is 1. The summed E-state index contributed by atoms with van der Waals surface area (Å²) in [5.41, 5.74) is 1.68. The number of hydrogen-bond acceptors (Lipinski definition) is 2. The SMILES string of the molecule is O=C(c1ccc(Cl)c(Cl)c1)N1CCC[C@H](OCc2ccc(Br)cc2)C1. The molecule has 0 bridgehead atoms. The Morgan fingerprint density at radius 2 is 1.92 bits per heavy atom. The molecule has 0 aliphatic carbocycles. The summed E-state index contributed by atoms with van der Waals surface area (Å²) in [6, 6.07) is 13.1. The van der Waals surface area contributed by atoms with Crippen LogP contribution in [0.15, 0.2) is 46.9 Å². The Morgan fingerprint density at radius 1 is 1.16 bits per heavy atom. The minimum absolute atomic E-state index is 0.0319. The average molecular weight is 443 g/mol. The molecule has 1 atom stereocenters. The number of amides is 1. The van der Waals surface area contributed by atoms with Crippen LogP contribution in [0, 0.1) is 0 Å². The van der Waals surface area contributed by atoms with E-state index in [1.54, 1.807) is 18.2 Å². The van der Waals surface area contributed by atoms with Crippen LogP contribution >= 0.6 is 39.1 Å². The number of nitrogens with zero attached hydrogens (tertiary/aromatic N) is 1. The molecule has 0 spiro atoms. The quantitative estimate of drug-likeness (QED) is 0.618. The first-order chi connectivity index (χ1) is 12.0. The second-order valence-electron chi connectivity index (χ2n) is 6.08. The zero-order valence-corrected chi connectivity index (χ0v) is 16.6. The molecule has 132 valence electrons. The molecule has 0 unspecified atom stereocenters. The van der Waals surface area contributed by atoms with Gasteiger partial charge in [-0.1, -0.05) is 51.3 Å². The minimum atomic E-state index is -0.0319. The zero-order valence-electron chi connectivity index (χ0n) is 13.6. The highest BCUT2D eigenvalue weighted by Gasteiger charge is 2.25. The Kier molecular flexibility index (Phi) is 6.39. The van der Waals surface area contributed by atoms with E-state index in [1.165, 1.54) is 0 Å². The third kappa shape index (κ3) is 4.98. The molecule has 1 aliphatic heterocycles. The summed E-state index contributed by atoms with van der Waals surface area (Å²) in [4.78, 5) is 14.5. The summed E-state index contributed by atoms with van der Waals surface area (Å²) in [6.45, 7) is 1.87. The van der Waals surface area contributed by atoms with Crippen LogP contribution in [0.1, 0.15) is 28.8 Å². The third-order valence-corrected chi connectivity index (χ3v) is 5.50. The van der Waals surface area contributed by atoms with Gasteiger partial charge in [-0.3, -0.25) is 4.79 Å². The second-order valence-corrected chi connectivity index (χ2v) is 7.81. The van der Waals surface area contributed by atoms with Crippen molar-refractivity contribution in [1.29, 1.82) is 0 Å². The fraction of sp³-hybridized carbons (Fsp3) is 0.316. The molecular formula is C19H18BrCl2NO2. The van der Waals surface area contributed by atoms with E-state index in [1.807, 2.05) is 29.2 Å². The molecule has 1 amide bonds. The summed E-state index contributed by atoms with van der Waals surface area (Å²) in [6.07, 6.45) is 1.93. The molecule has 0 radical (unpaired) electrons. The third-order valence-electron chi connectivity index (χ3n) is 4.23. The number of halogens is 3. The number of piperidine rings is 1. The van der Waals surface area contributed by atoms with Gasteiger partial charge in [-0.2, -0.15) is 0 Å². The highest BCUT2D eigenvalue weighted by Crippen LogP contribution is 2.24. The van der Waals surface area contributed by atoms with Gasteiger partial charge in [0, 0.05) is 23.1 Å². The number of hydrogen-bond donors (Lipinski definition) is 0. The topological polar surface area (TPSA) is 29.5 Å². The molecule has 2 aromatic rings. The maximum absolute atomic E-state index is 12.7. The summed E-state index contributed by atoms with van der Waals surface area (Å²) in [7, 11) is 0. The molecule has 2 aromatic carbocycles. The second kappa shape index (κ2) is 8.54. The van der Waals surface area contributed by atoms with Crippen molar-refractivity contribution in [3.8, 4) is 0 Å². The molecule has 6 heteroatoms. The number of benzene rings is 2. The Bertz CT molecular complexity index is 752. The van der Waals surface area contributed by atoms with Crippen molar-refractivity contribution < 1.29 is 9.53 Å². The molecule has 1 heterocycles. The van der Waals surface area contributed by atoms with Gasteiger partial charge in [0.15, 0.2) is 0 Å². The molecule has 0 saturated carbocycles. The van der Waals surface area contributed by atoms with Gasteiger partial charge in [0.1, 0.15) is 0 Å². The van der Waals surface area contributed by atoms with Gasteiger partial charge in [-0.15, -0.1) is 0 Å². The van der Waals surface area contributed by atoms with Crippen LogP contribution in [0.2, 0.25) is 10.0 Å². The molecule has 1 aliphatic rings. The van der Waals surface area contributed by atoms with Gasteiger partial charge in [-0.25, -0.2) is 0 Å². The molecule has 3 rings (SSSR count). The summed E-state index contributed by atoms with van der Waals surface area (Å²) >= 11 is 15.4. The number of likely N-dealkylation sites (tertiary alicyclic amines) is 1. The molecule has 3 nitrogen and oxygen atoms in total. The number of carbonyl (C=O) groups excluding carboxylic acids is 1. The van der Waals surface area contributed by atoms with Gasteiger partial charge >= 0.3 is 0 Å².